The van der Waals surface area contributed by atoms with Gasteiger partial charge in [-0.25, -0.2) is 4.99 Å². The van der Waals surface area contributed by atoms with Gasteiger partial charge in [0.15, 0.2) is 5.17 Å². The van der Waals surface area contributed by atoms with Crippen molar-refractivity contribution in [3.05, 3.63) is 127 Å². The van der Waals surface area contributed by atoms with Crippen LogP contribution in [0.5, 0.6) is 5.75 Å². The summed E-state index contributed by atoms with van der Waals surface area (Å²) in [6.45, 7) is 0.305. The van der Waals surface area contributed by atoms with E-state index in [-0.39, 0.29) is 5.91 Å². The Kier molecular flexibility index (Phi) is 8.32. The van der Waals surface area contributed by atoms with Gasteiger partial charge in [0.2, 0.25) is 0 Å². The lowest BCUT2D eigenvalue weighted by Crippen LogP contribution is -2.28. The monoisotopic (exact) mass is 598 g/mol. The summed E-state index contributed by atoms with van der Waals surface area (Å²) in [5.74, 6) is 0.349. The molecular formula is C29H18Cl4N2O2S. The maximum Gasteiger partial charge on any atom is 0.271 e. The van der Waals surface area contributed by atoms with Gasteiger partial charge in [0.05, 0.1) is 16.3 Å². The average molecular weight is 600 g/mol. The standard InChI is InChI=1S/C29H18Cl4N2O2S/c30-20-4-9-24(10-5-20)34-29-35(25-11-6-21(31)7-12-25)28(36)27(38-29)16-19-15-23(33)8-13-26(19)37-17-18-2-1-3-22(32)14-18/h1-16H,17H2/b27-16-,34-29?. The van der Waals surface area contributed by atoms with Gasteiger partial charge in [-0.05, 0) is 102 Å². The lowest BCUT2D eigenvalue weighted by Gasteiger charge is -2.15. The number of amidine groups is 1. The molecule has 1 saturated heterocycles. The SMILES string of the molecule is O=C1/C(=C/c2cc(Cl)ccc2OCc2cccc(Cl)c2)SC(=Nc2ccc(Cl)cc2)N1c1ccc(Cl)cc1. The summed E-state index contributed by atoms with van der Waals surface area (Å²) in [5, 5.41) is 2.82. The molecule has 1 aliphatic rings. The molecule has 4 nitrogen and oxygen atoms in total. The number of rotatable bonds is 6. The van der Waals surface area contributed by atoms with Crippen LogP contribution in [-0.2, 0) is 11.4 Å². The molecule has 0 saturated carbocycles. The van der Waals surface area contributed by atoms with E-state index in [1.807, 2.05) is 24.3 Å². The molecule has 4 aromatic carbocycles. The number of amides is 1. The fraction of sp³-hybridized carbons (Fsp3) is 0.0345. The van der Waals surface area contributed by atoms with Crippen molar-refractivity contribution >= 4 is 86.7 Å². The number of benzene rings is 4. The summed E-state index contributed by atoms with van der Waals surface area (Å²) in [6, 6.07) is 26.8. The quantitative estimate of drug-likeness (QED) is 0.207. The van der Waals surface area contributed by atoms with Gasteiger partial charge in [-0.2, -0.15) is 0 Å². The molecule has 5 rings (SSSR count). The first-order valence-corrected chi connectivity index (χ1v) is 13.7. The summed E-state index contributed by atoms with van der Waals surface area (Å²) < 4.78 is 6.08. The number of carbonyl (C=O) groups excluding carboxylic acids is 1. The van der Waals surface area contributed by atoms with Crippen LogP contribution in [0.4, 0.5) is 11.4 Å². The summed E-state index contributed by atoms with van der Waals surface area (Å²) in [6.07, 6.45) is 1.76. The summed E-state index contributed by atoms with van der Waals surface area (Å²) in [4.78, 5) is 20.4. The van der Waals surface area contributed by atoms with Crippen molar-refractivity contribution in [1.29, 1.82) is 0 Å². The first kappa shape index (κ1) is 26.7. The maximum absolute atomic E-state index is 13.7. The number of hydrogen-bond donors (Lipinski definition) is 0. The van der Waals surface area contributed by atoms with Crippen LogP contribution in [0.2, 0.25) is 20.1 Å². The van der Waals surface area contributed by atoms with Crippen LogP contribution in [-0.4, -0.2) is 11.1 Å². The molecule has 0 N–H and O–H groups in total. The van der Waals surface area contributed by atoms with Crippen LogP contribution < -0.4 is 9.64 Å². The molecule has 0 radical (unpaired) electrons. The van der Waals surface area contributed by atoms with Gasteiger partial charge in [-0.3, -0.25) is 9.69 Å². The second kappa shape index (κ2) is 11.9. The van der Waals surface area contributed by atoms with E-state index >= 15 is 0 Å². The molecule has 0 unspecified atom stereocenters. The van der Waals surface area contributed by atoms with Crippen molar-refractivity contribution in [2.45, 2.75) is 6.61 Å². The van der Waals surface area contributed by atoms with Gasteiger partial charge in [-0.15, -0.1) is 0 Å². The van der Waals surface area contributed by atoms with Crippen molar-refractivity contribution in [3.63, 3.8) is 0 Å². The Bertz CT molecular complexity index is 1550. The molecule has 0 aromatic heterocycles. The molecule has 1 fully saturated rings. The zero-order valence-corrected chi connectivity index (χ0v) is 23.4. The number of carbonyl (C=O) groups is 1. The van der Waals surface area contributed by atoms with E-state index in [1.54, 1.807) is 77.7 Å². The molecule has 0 aliphatic carbocycles. The van der Waals surface area contributed by atoms with Gasteiger partial charge >= 0.3 is 0 Å². The molecular weight excluding hydrogens is 582 g/mol. The molecule has 1 heterocycles. The van der Waals surface area contributed by atoms with Gasteiger partial charge in [0.25, 0.3) is 5.91 Å². The molecule has 0 atom stereocenters. The largest absolute Gasteiger partial charge is 0.488 e. The van der Waals surface area contributed by atoms with E-state index in [2.05, 4.69) is 0 Å². The third-order valence-corrected chi connectivity index (χ3v) is 7.43. The molecule has 0 bridgehead atoms. The van der Waals surface area contributed by atoms with Gasteiger partial charge in [0.1, 0.15) is 12.4 Å². The van der Waals surface area contributed by atoms with E-state index in [0.29, 0.717) is 59.5 Å². The first-order valence-electron chi connectivity index (χ1n) is 11.4. The molecule has 1 amide bonds. The third kappa shape index (κ3) is 6.37. The van der Waals surface area contributed by atoms with Crippen LogP contribution in [0.15, 0.2) is 101 Å². The van der Waals surface area contributed by atoms with Crippen LogP contribution in [0, 0.1) is 0 Å². The summed E-state index contributed by atoms with van der Waals surface area (Å²) in [7, 11) is 0. The van der Waals surface area contributed by atoms with E-state index in [1.165, 1.54) is 11.8 Å². The molecule has 0 spiro atoms. The van der Waals surface area contributed by atoms with Crippen LogP contribution in [0.3, 0.4) is 0 Å². The predicted molar refractivity (Wildman–Crippen MR) is 160 cm³/mol. The molecule has 38 heavy (non-hydrogen) atoms. The number of thioether (sulfide) groups is 1. The topological polar surface area (TPSA) is 41.9 Å². The average Bonchev–Trinajstić information content (AvgIpc) is 3.19. The smallest absolute Gasteiger partial charge is 0.271 e. The van der Waals surface area contributed by atoms with Gasteiger partial charge in [-0.1, -0.05) is 58.5 Å². The number of ether oxygens (including phenoxy) is 1. The zero-order chi connectivity index (χ0) is 26.6. The molecule has 1 aliphatic heterocycles. The fourth-order valence-corrected chi connectivity index (χ4v) is 5.32. The number of nitrogens with zero attached hydrogens (tertiary/aromatic N) is 2. The van der Waals surface area contributed by atoms with Gasteiger partial charge in [0, 0.05) is 25.7 Å². The van der Waals surface area contributed by atoms with Crippen molar-refractivity contribution in [1.82, 2.24) is 0 Å². The number of hydrogen-bond acceptors (Lipinski definition) is 4. The molecule has 4 aromatic rings. The molecule has 9 heteroatoms. The minimum atomic E-state index is -0.231. The zero-order valence-electron chi connectivity index (χ0n) is 19.6. The lowest BCUT2D eigenvalue weighted by atomic mass is 10.1. The van der Waals surface area contributed by atoms with E-state index in [4.69, 9.17) is 56.1 Å². The minimum Gasteiger partial charge on any atom is -0.488 e. The van der Waals surface area contributed by atoms with Crippen molar-refractivity contribution in [3.8, 4) is 5.75 Å². The Morgan fingerprint density at radius 3 is 2.16 bits per heavy atom. The molecule has 190 valence electrons. The minimum absolute atomic E-state index is 0.231. The fourth-order valence-electron chi connectivity index (χ4n) is 3.69. The Balaban J connectivity index is 1.50. The van der Waals surface area contributed by atoms with Crippen LogP contribution in [0.25, 0.3) is 6.08 Å². The summed E-state index contributed by atoms with van der Waals surface area (Å²) in [5.41, 5.74) is 2.90. The highest BCUT2D eigenvalue weighted by Crippen LogP contribution is 2.39. The normalized spacial score (nSPS) is 15.5. The Labute approximate surface area is 244 Å². The Morgan fingerprint density at radius 1 is 0.789 bits per heavy atom. The Hall–Kier alpha value is -2.93. The highest BCUT2D eigenvalue weighted by molar-refractivity contribution is 8.19. The van der Waals surface area contributed by atoms with Gasteiger partial charge < -0.3 is 4.74 Å². The predicted octanol–water partition coefficient (Wildman–Crippen LogP) is 9.69. The van der Waals surface area contributed by atoms with Crippen LogP contribution in [0.1, 0.15) is 11.1 Å². The Morgan fingerprint density at radius 2 is 1.45 bits per heavy atom. The van der Waals surface area contributed by atoms with E-state index in [9.17, 15) is 4.79 Å². The first-order chi connectivity index (χ1) is 18.4. The lowest BCUT2D eigenvalue weighted by molar-refractivity contribution is -0.113. The van der Waals surface area contributed by atoms with Crippen LogP contribution >= 0.6 is 58.2 Å². The number of aliphatic imine (C=N–C) groups is 1. The van der Waals surface area contributed by atoms with Crippen molar-refractivity contribution in [2.24, 2.45) is 4.99 Å². The van der Waals surface area contributed by atoms with E-state index in [0.717, 1.165) is 5.56 Å². The highest BCUT2D eigenvalue weighted by atomic mass is 35.5. The van der Waals surface area contributed by atoms with E-state index < -0.39 is 0 Å². The second-order valence-corrected chi connectivity index (χ2v) is 11.0. The third-order valence-electron chi connectivity index (χ3n) is 5.48. The highest BCUT2D eigenvalue weighted by Gasteiger charge is 2.35. The maximum atomic E-state index is 13.7. The second-order valence-electron chi connectivity index (χ2n) is 8.20. The van der Waals surface area contributed by atoms with Crippen molar-refractivity contribution < 1.29 is 9.53 Å². The van der Waals surface area contributed by atoms with Crippen molar-refractivity contribution in [2.75, 3.05) is 4.90 Å². The number of halogens is 4. The summed E-state index contributed by atoms with van der Waals surface area (Å²) >= 11 is 25.8. The number of anilines is 1.